The molecule has 0 unspecified atom stereocenters. The summed E-state index contributed by atoms with van der Waals surface area (Å²) in [6.07, 6.45) is 6.18. The van der Waals surface area contributed by atoms with Gasteiger partial charge in [0.05, 0.1) is 11.9 Å². The topological polar surface area (TPSA) is 105 Å². The highest BCUT2D eigenvalue weighted by Gasteiger charge is 2.31. The third-order valence-corrected chi connectivity index (χ3v) is 8.51. The zero-order chi connectivity index (χ0) is 28.0. The van der Waals surface area contributed by atoms with Crippen molar-refractivity contribution < 1.29 is 27.5 Å². The number of aryl methyl sites for hydroxylation is 1. The number of anilines is 1. The molecule has 9 nitrogen and oxygen atoms in total. The summed E-state index contributed by atoms with van der Waals surface area (Å²) in [5.74, 6) is 0.754. The van der Waals surface area contributed by atoms with Crippen molar-refractivity contribution >= 4 is 27.5 Å². The first kappa shape index (κ1) is 28.7. The smallest absolute Gasteiger partial charge is 0.243 e. The van der Waals surface area contributed by atoms with Gasteiger partial charge in [0, 0.05) is 31.6 Å². The fraction of sp³-hybridized carbons (Fsp3) is 0.517. The number of sulfonamides is 1. The Morgan fingerprint density at radius 2 is 1.82 bits per heavy atom. The molecule has 0 radical (unpaired) electrons. The molecule has 212 valence electrons. The number of fused-ring (bicyclic) bond motifs is 1. The Labute approximate surface area is 231 Å². The van der Waals surface area contributed by atoms with Gasteiger partial charge in [0.25, 0.3) is 0 Å². The van der Waals surface area contributed by atoms with Crippen LogP contribution in [-0.2, 0) is 26.2 Å². The van der Waals surface area contributed by atoms with Gasteiger partial charge in [-0.3, -0.25) is 13.9 Å². The van der Waals surface area contributed by atoms with E-state index in [1.54, 1.807) is 23.1 Å². The van der Waals surface area contributed by atoms with Crippen molar-refractivity contribution in [3.8, 4) is 11.5 Å². The first-order chi connectivity index (χ1) is 18.7. The van der Waals surface area contributed by atoms with Crippen molar-refractivity contribution in [2.75, 3.05) is 23.9 Å². The Morgan fingerprint density at radius 1 is 1.08 bits per heavy atom. The first-order valence-corrected chi connectivity index (χ1v) is 15.5. The third-order valence-electron chi connectivity index (χ3n) is 7.32. The molecule has 1 saturated carbocycles. The van der Waals surface area contributed by atoms with Crippen LogP contribution in [0.15, 0.2) is 42.5 Å². The lowest BCUT2D eigenvalue weighted by molar-refractivity contribution is -0.141. The molecule has 2 amide bonds. The van der Waals surface area contributed by atoms with E-state index in [0.717, 1.165) is 43.1 Å². The Hall–Kier alpha value is -3.27. The highest BCUT2D eigenvalue weighted by Crippen LogP contribution is 2.36. The summed E-state index contributed by atoms with van der Waals surface area (Å²) < 4.78 is 37.3. The van der Waals surface area contributed by atoms with Crippen molar-refractivity contribution in [2.45, 2.75) is 77.4 Å². The molecule has 0 saturated heterocycles. The minimum absolute atomic E-state index is 0.0931. The molecule has 39 heavy (non-hydrogen) atoms. The number of nitrogens with zero attached hydrogens (tertiary/aromatic N) is 2. The first-order valence-electron chi connectivity index (χ1n) is 13.7. The lowest BCUT2D eigenvalue weighted by Crippen LogP contribution is -2.51. The Bertz CT molecular complexity index is 1280. The molecule has 1 heterocycles. The van der Waals surface area contributed by atoms with Gasteiger partial charge in [-0.25, -0.2) is 8.42 Å². The zero-order valence-corrected chi connectivity index (χ0v) is 23.8. The number of benzene rings is 2. The second kappa shape index (κ2) is 12.7. The molecule has 2 aromatic carbocycles. The molecule has 0 spiro atoms. The van der Waals surface area contributed by atoms with Gasteiger partial charge in [0.15, 0.2) is 11.5 Å². The van der Waals surface area contributed by atoms with Crippen molar-refractivity contribution in [3.05, 3.63) is 53.6 Å². The van der Waals surface area contributed by atoms with E-state index in [2.05, 4.69) is 5.32 Å². The SMILES string of the molecule is CC[C@@H](C(=O)NC1CCCC1)N(Cc1cccc(C)c1)C(=O)CCCN(c1ccc2c(c1)OCO2)S(C)(=O)=O. The molecule has 1 aliphatic carbocycles. The number of ether oxygens (including phenoxy) is 2. The summed E-state index contributed by atoms with van der Waals surface area (Å²) in [7, 11) is -3.61. The second-order valence-corrected chi connectivity index (χ2v) is 12.3. The lowest BCUT2D eigenvalue weighted by atomic mass is 10.1. The summed E-state index contributed by atoms with van der Waals surface area (Å²) in [6.45, 7) is 4.44. The fourth-order valence-corrected chi connectivity index (χ4v) is 6.30. The number of rotatable bonds is 12. The molecule has 2 aromatic rings. The van der Waals surface area contributed by atoms with E-state index in [4.69, 9.17) is 9.47 Å². The minimum atomic E-state index is -3.61. The summed E-state index contributed by atoms with van der Waals surface area (Å²) in [4.78, 5) is 28.6. The maximum Gasteiger partial charge on any atom is 0.243 e. The van der Waals surface area contributed by atoms with E-state index in [1.807, 2.05) is 38.1 Å². The average Bonchev–Trinajstić information content (AvgIpc) is 3.57. The fourth-order valence-electron chi connectivity index (χ4n) is 5.34. The molecule has 0 aromatic heterocycles. The Morgan fingerprint density at radius 3 is 2.51 bits per heavy atom. The lowest BCUT2D eigenvalue weighted by Gasteiger charge is -2.32. The second-order valence-electron chi connectivity index (χ2n) is 10.4. The maximum absolute atomic E-state index is 13.6. The molecule has 1 aliphatic heterocycles. The monoisotopic (exact) mass is 557 g/mol. The summed E-state index contributed by atoms with van der Waals surface area (Å²) >= 11 is 0. The molecule has 1 atom stereocenters. The quantitative estimate of drug-likeness (QED) is 0.421. The van der Waals surface area contributed by atoms with Crippen LogP contribution < -0.4 is 19.1 Å². The summed E-state index contributed by atoms with van der Waals surface area (Å²) in [5, 5.41) is 3.16. The minimum Gasteiger partial charge on any atom is -0.454 e. The number of amides is 2. The Balaban J connectivity index is 1.48. The van der Waals surface area contributed by atoms with Gasteiger partial charge in [0.1, 0.15) is 6.04 Å². The van der Waals surface area contributed by atoms with E-state index in [1.165, 1.54) is 4.31 Å². The van der Waals surface area contributed by atoms with Crippen molar-refractivity contribution in [3.63, 3.8) is 0 Å². The molecule has 4 rings (SSSR count). The van der Waals surface area contributed by atoms with Crippen LogP contribution in [0.2, 0.25) is 0 Å². The van der Waals surface area contributed by atoms with Gasteiger partial charge in [-0.1, -0.05) is 49.6 Å². The van der Waals surface area contributed by atoms with Crippen LogP contribution >= 0.6 is 0 Å². The highest BCUT2D eigenvalue weighted by molar-refractivity contribution is 7.92. The molecule has 1 fully saturated rings. The largest absolute Gasteiger partial charge is 0.454 e. The van der Waals surface area contributed by atoms with Crippen LogP contribution in [-0.4, -0.2) is 56.8 Å². The molecule has 0 bridgehead atoms. The van der Waals surface area contributed by atoms with Gasteiger partial charge in [-0.2, -0.15) is 0 Å². The number of hydrogen-bond acceptors (Lipinski definition) is 6. The van der Waals surface area contributed by atoms with Crippen LogP contribution in [0, 0.1) is 6.92 Å². The average molecular weight is 558 g/mol. The zero-order valence-electron chi connectivity index (χ0n) is 23.0. The molecular weight excluding hydrogens is 518 g/mol. The highest BCUT2D eigenvalue weighted by atomic mass is 32.2. The van der Waals surface area contributed by atoms with Crippen LogP contribution in [0.3, 0.4) is 0 Å². The van der Waals surface area contributed by atoms with Gasteiger partial charge in [-0.05, 0) is 50.3 Å². The predicted octanol–water partition coefficient (Wildman–Crippen LogP) is 4.14. The number of nitrogens with one attached hydrogen (secondary N) is 1. The number of hydrogen-bond donors (Lipinski definition) is 1. The van der Waals surface area contributed by atoms with Crippen molar-refractivity contribution in [1.82, 2.24) is 10.2 Å². The number of carbonyl (C=O) groups excluding carboxylic acids is 2. The molecule has 1 N–H and O–H groups in total. The van der Waals surface area contributed by atoms with Crippen LogP contribution in [0.5, 0.6) is 11.5 Å². The van der Waals surface area contributed by atoms with E-state index in [9.17, 15) is 18.0 Å². The molecule has 2 aliphatic rings. The van der Waals surface area contributed by atoms with Gasteiger partial charge >= 0.3 is 0 Å². The van der Waals surface area contributed by atoms with E-state index < -0.39 is 16.1 Å². The van der Waals surface area contributed by atoms with Crippen molar-refractivity contribution in [1.29, 1.82) is 0 Å². The van der Waals surface area contributed by atoms with E-state index >= 15 is 0 Å². The molecular formula is C29H39N3O6S. The molecule has 10 heteroatoms. The Kier molecular flexibility index (Phi) is 9.37. The van der Waals surface area contributed by atoms with Crippen LogP contribution in [0.1, 0.15) is 63.0 Å². The predicted molar refractivity (Wildman–Crippen MR) is 150 cm³/mol. The standard InChI is InChI=1S/C29H39N3O6S/c1-4-25(29(34)30-23-11-5-6-12-23)31(19-22-10-7-9-21(2)17-22)28(33)13-8-16-32(39(3,35)36)24-14-15-26-27(18-24)38-20-37-26/h7,9-10,14-15,17-18,23,25H,4-6,8,11-13,16,19-20H2,1-3H3,(H,30,34)/t25-/m0/s1. The van der Waals surface area contributed by atoms with Crippen molar-refractivity contribution in [2.24, 2.45) is 0 Å². The number of carbonyl (C=O) groups is 2. The summed E-state index contributed by atoms with van der Waals surface area (Å²) in [5.41, 5.74) is 2.48. The maximum atomic E-state index is 13.6. The van der Waals surface area contributed by atoms with Crippen LogP contribution in [0.25, 0.3) is 0 Å². The third kappa shape index (κ3) is 7.44. The normalized spacial score (nSPS) is 15.7. The van der Waals surface area contributed by atoms with Crippen LogP contribution in [0.4, 0.5) is 5.69 Å². The van der Waals surface area contributed by atoms with Gasteiger partial charge in [0.2, 0.25) is 28.6 Å². The van der Waals surface area contributed by atoms with Gasteiger partial charge < -0.3 is 19.7 Å². The van der Waals surface area contributed by atoms with E-state index in [-0.39, 0.29) is 37.6 Å². The van der Waals surface area contributed by atoms with E-state index in [0.29, 0.717) is 36.6 Å². The van der Waals surface area contributed by atoms with Gasteiger partial charge in [-0.15, -0.1) is 0 Å². The summed E-state index contributed by atoms with van der Waals surface area (Å²) in [6, 6.07) is 12.5.